The van der Waals surface area contributed by atoms with Crippen LogP contribution in [-0.2, 0) is 11.3 Å². The number of aliphatic imine (C=N–C) groups is 1. The Labute approximate surface area is 166 Å². The van der Waals surface area contributed by atoms with Gasteiger partial charge in [-0.05, 0) is 12.0 Å². The van der Waals surface area contributed by atoms with Crippen LogP contribution in [0.25, 0.3) is 0 Å². The Kier molecular flexibility index (Phi) is 5.13. The fourth-order valence-electron chi connectivity index (χ4n) is 3.07. The van der Waals surface area contributed by atoms with E-state index in [1.54, 1.807) is 0 Å². The number of carbonyl (C=O) groups is 1. The van der Waals surface area contributed by atoms with Crippen molar-refractivity contribution in [2.24, 2.45) is 10.1 Å². The topological polar surface area (TPSA) is 97.8 Å². The van der Waals surface area contributed by atoms with Crippen LogP contribution < -0.4 is 10.9 Å². The fourth-order valence-corrected chi connectivity index (χ4v) is 3.07. The van der Waals surface area contributed by atoms with E-state index in [4.69, 9.17) is 9.25 Å². The molecular weight excluding hydrogens is 370 g/mol. The molecule has 7 nitrogen and oxygen atoms in total. The smallest absolute Gasteiger partial charge is 0.403 e. The normalized spacial score (nSPS) is 12.7. The van der Waals surface area contributed by atoms with E-state index in [0.717, 1.165) is 11.1 Å². The van der Waals surface area contributed by atoms with Gasteiger partial charge in [0.25, 0.3) is 0 Å². The number of hydrogen-bond acceptors (Lipinski definition) is 6. The summed E-state index contributed by atoms with van der Waals surface area (Å²) in [5.74, 6) is -0.380. The van der Waals surface area contributed by atoms with E-state index in [2.05, 4.69) is 10.1 Å². The van der Waals surface area contributed by atoms with E-state index >= 15 is 0 Å². The Morgan fingerprint density at radius 1 is 1.03 bits per heavy atom. The molecule has 0 saturated heterocycles. The van der Waals surface area contributed by atoms with Crippen molar-refractivity contribution < 1.29 is 19.4 Å². The largest absolute Gasteiger partial charge is 0.433 e. The first-order valence-electron chi connectivity index (χ1n) is 9.16. The summed E-state index contributed by atoms with van der Waals surface area (Å²) in [6, 6.07) is 20.3. The minimum atomic E-state index is -0.559. The van der Waals surface area contributed by atoms with Gasteiger partial charge in [0.05, 0.1) is 0 Å². The molecule has 1 aliphatic rings. The molecule has 0 fully saturated rings. The Bertz CT molecular complexity index is 1120. The second kappa shape index (κ2) is 8.04. The molecule has 0 aliphatic carbocycles. The summed E-state index contributed by atoms with van der Waals surface area (Å²) in [5.41, 5.74) is 2.61. The van der Waals surface area contributed by atoms with Gasteiger partial charge in [0.2, 0.25) is 5.88 Å². The van der Waals surface area contributed by atoms with Crippen LogP contribution in [0.5, 0.6) is 0 Å². The molecule has 3 aromatic rings. The number of hydrogen-bond donors (Lipinski definition) is 1. The molecule has 2 aromatic carbocycles. The zero-order valence-electron chi connectivity index (χ0n) is 15.7. The highest BCUT2D eigenvalue weighted by Crippen LogP contribution is 2.22. The van der Waals surface area contributed by atoms with Crippen LogP contribution in [0.15, 0.2) is 86.1 Å². The lowest BCUT2D eigenvalue weighted by Crippen LogP contribution is -2.92. The van der Waals surface area contributed by atoms with E-state index in [-0.39, 0.29) is 23.4 Å². The predicted octanol–water partition coefficient (Wildman–Crippen LogP) is 2.38. The summed E-state index contributed by atoms with van der Waals surface area (Å²) < 4.78 is 5.11. The molecule has 29 heavy (non-hydrogen) atoms. The van der Waals surface area contributed by atoms with Crippen LogP contribution in [-0.4, -0.2) is 17.6 Å². The highest BCUT2D eigenvalue weighted by atomic mass is 16.6. The van der Waals surface area contributed by atoms with E-state index < -0.39 is 5.63 Å². The fraction of sp³-hybridized carbons (Fsp3) is 0.0909. The van der Waals surface area contributed by atoms with Gasteiger partial charge in [-0.2, -0.15) is 5.32 Å². The average Bonchev–Trinajstić information content (AvgIpc) is 2.74. The third-order valence-corrected chi connectivity index (χ3v) is 4.44. The van der Waals surface area contributed by atoms with Gasteiger partial charge in [-0.3, -0.25) is 4.84 Å². The summed E-state index contributed by atoms with van der Waals surface area (Å²) in [7, 11) is 0. The number of quaternary nitrogens is 1. The van der Waals surface area contributed by atoms with Gasteiger partial charge >= 0.3 is 17.6 Å². The van der Waals surface area contributed by atoms with Gasteiger partial charge in [-0.25, -0.2) is 9.59 Å². The zero-order chi connectivity index (χ0) is 20.2. The molecule has 0 saturated carbocycles. The van der Waals surface area contributed by atoms with Crippen LogP contribution in [0, 0.1) is 0 Å². The van der Waals surface area contributed by atoms with E-state index in [1.165, 1.54) is 11.4 Å². The molecule has 7 heteroatoms. The molecule has 0 bridgehead atoms. The average molecular weight is 388 g/mol. The van der Waals surface area contributed by atoms with Crippen molar-refractivity contribution in [3.63, 3.8) is 0 Å². The third-order valence-electron chi connectivity index (χ3n) is 4.44. The second-order valence-electron chi connectivity index (χ2n) is 6.35. The number of oxime groups is 1. The van der Waals surface area contributed by atoms with Crippen LogP contribution in [0.3, 0.4) is 0 Å². The first-order chi connectivity index (χ1) is 14.2. The summed E-state index contributed by atoms with van der Waals surface area (Å²) in [6.07, 6.45) is 0.517. The number of nitrogens with zero attached hydrogens (tertiary/aromatic N) is 2. The molecule has 2 N–H and O–H groups in total. The van der Waals surface area contributed by atoms with Gasteiger partial charge in [0.15, 0.2) is 0 Å². The van der Waals surface area contributed by atoms with E-state index in [1.807, 2.05) is 67.6 Å². The highest BCUT2D eigenvalue weighted by molar-refractivity contribution is 6.12. The summed E-state index contributed by atoms with van der Waals surface area (Å²) in [4.78, 5) is 34.0. The maximum absolute atomic E-state index is 12.5. The van der Waals surface area contributed by atoms with Crippen LogP contribution in [0.1, 0.15) is 34.0 Å². The number of amidine groups is 1. The maximum Gasteiger partial charge on any atom is 0.433 e. The number of nitrogens with two attached hydrogens (primary N) is 1. The molecule has 0 radical (unpaired) electrons. The molecule has 0 unspecified atom stereocenters. The first-order valence-corrected chi connectivity index (χ1v) is 9.16. The molecule has 1 amide bonds. The van der Waals surface area contributed by atoms with E-state index in [9.17, 15) is 9.59 Å². The number of rotatable bonds is 4. The Morgan fingerprint density at radius 3 is 2.24 bits per heavy atom. The van der Waals surface area contributed by atoms with Crippen molar-refractivity contribution in [2.45, 2.75) is 13.3 Å². The SMILES string of the molecule is CCc1cc(=O)oc2c1C(=O)[NH2+]C(ON=C(c1ccccc1)c1ccccc1)=N2. The van der Waals surface area contributed by atoms with Crippen molar-refractivity contribution in [1.82, 2.24) is 0 Å². The first kappa shape index (κ1) is 18.5. The third kappa shape index (κ3) is 3.90. The molecule has 4 rings (SSSR count). The molecule has 0 spiro atoms. The minimum absolute atomic E-state index is 0.0386. The number of primary amides is 1. The molecule has 1 aliphatic heterocycles. The van der Waals surface area contributed by atoms with Crippen molar-refractivity contribution in [2.75, 3.05) is 0 Å². The Balaban J connectivity index is 1.72. The van der Waals surface area contributed by atoms with Gasteiger partial charge < -0.3 is 4.42 Å². The summed E-state index contributed by atoms with van der Waals surface area (Å²) >= 11 is 0. The standard InChI is InChI=1S/C22H17N3O4/c1-2-14-13-17(26)28-21-18(14)20(27)23-22(24-21)29-25-19(15-9-5-3-6-10-15)16-11-7-4-8-12-16/h3-13H,2H2,1H3,(H,23,24,27)/p+1. The second-order valence-corrected chi connectivity index (χ2v) is 6.35. The maximum atomic E-state index is 12.5. The number of amides is 1. The van der Waals surface area contributed by atoms with E-state index in [0.29, 0.717) is 17.7 Å². The lowest BCUT2D eigenvalue weighted by molar-refractivity contribution is -0.452. The molecule has 2 heterocycles. The number of benzene rings is 2. The summed E-state index contributed by atoms with van der Waals surface area (Å²) in [6.45, 7) is 1.86. The summed E-state index contributed by atoms with van der Waals surface area (Å²) in [5, 5.41) is 5.49. The predicted molar refractivity (Wildman–Crippen MR) is 107 cm³/mol. The van der Waals surface area contributed by atoms with Gasteiger partial charge in [-0.1, -0.05) is 72.7 Å². The van der Waals surface area contributed by atoms with Gasteiger partial charge in [0.1, 0.15) is 11.3 Å². The lowest BCUT2D eigenvalue weighted by atomic mass is 10.0. The quantitative estimate of drug-likeness (QED) is 0.548. The Hall–Kier alpha value is -3.84. The van der Waals surface area contributed by atoms with Crippen LogP contribution >= 0.6 is 0 Å². The van der Waals surface area contributed by atoms with Crippen molar-refractivity contribution in [3.8, 4) is 0 Å². The number of aryl methyl sites for hydroxylation is 1. The van der Waals surface area contributed by atoms with Crippen molar-refractivity contribution >= 4 is 23.5 Å². The minimum Gasteiger partial charge on any atom is -0.403 e. The molecule has 1 aromatic heterocycles. The Morgan fingerprint density at radius 2 is 1.66 bits per heavy atom. The highest BCUT2D eigenvalue weighted by Gasteiger charge is 2.31. The van der Waals surface area contributed by atoms with Crippen molar-refractivity contribution in [1.29, 1.82) is 0 Å². The van der Waals surface area contributed by atoms with Gasteiger partial charge in [-0.15, -0.1) is 4.99 Å². The van der Waals surface area contributed by atoms with Crippen LogP contribution in [0.2, 0.25) is 0 Å². The molecular formula is C22H18N3O4+. The molecule has 0 atom stereocenters. The molecule has 144 valence electrons. The van der Waals surface area contributed by atoms with Gasteiger partial charge in [0, 0.05) is 17.2 Å². The monoisotopic (exact) mass is 388 g/mol. The zero-order valence-corrected chi connectivity index (χ0v) is 15.7. The number of carbonyl (C=O) groups excluding carboxylic acids is 1. The van der Waals surface area contributed by atoms with Crippen molar-refractivity contribution in [3.05, 3.63) is 99.4 Å². The number of fused-ring (bicyclic) bond motifs is 1. The van der Waals surface area contributed by atoms with Crippen LogP contribution in [0.4, 0.5) is 5.88 Å². The lowest BCUT2D eigenvalue weighted by Gasteiger charge is -2.11.